The summed E-state index contributed by atoms with van der Waals surface area (Å²) in [5.74, 6) is -0.240. The maximum absolute atomic E-state index is 11.1. The summed E-state index contributed by atoms with van der Waals surface area (Å²) >= 11 is 0. The van der Waals surface area contributed by atoms with E-state index in [1.165, 1.54) is 6.42 Å². The fourth-order valence-electron chi connectivity index (χ4n) is 2.84. The third-order valence-corrected chi connectivity index (χ3v) is 4.15. The molecule has 1 fully saturated rings. The number of hydrogen-bond donors (Lipinski definition) is 2. The van der Waals surface area contributed by atoms with Gasteiger partial charge in [0.05, 0.1) is 17.8 Å². The van der Waals surface area contributed by atoms with Gasteiger partial charge in [0.2, 0.25) is 5.95 Å². The van der Waals surface area contributed by atoms with E-state index in [2.05, 4.69) is 20.5 Å². The Morgan fingerprint density at radius 3 is 2.50 bits per heavy atom. The van der Waals surface area contributed by atoms with E-state index in [0.717, 1.165) is 37.1 Å². The quantitative estimate of drug-likeness (QED) is 0.859. The van der Waals surface area contributed by atoms with E-state index in [1.807, 2.05) is 13.8 Å². The first-order valence-electron chi connectivity index (χ1n) is 7.14. The predicted octanol–water partition coefficient (Wildman–Crippen LogP) is 2.33. The maximum atomic E-state index is 11.1. The summed E-state index contributed by atoms with van der Waals surface area (Å²) in [6.07, 6.45) is 5.50. The van der Waals surface area contributed by atoms with E-state index in [1.54, 1.807) is 0 Å². The van der Waals surface area contributed by atoms with Crippen molar-refractivity contribution in [3.8, 4) is 0 Å². The average Bonchev–Trinajstić information content (AvgIpc) is 2.40. The molecule has 1 heterocycles. The van der Waals surface area contributed by atoms with Gasteiger partial charge in [-0.25, -0.2) is 4.98 Å². The molecule has 1 aliphatic carbocycles. The Bertz CT molecular complexity index is 484. The van der Waals surface area contributed by atoms with Gasteiger partial charge in [-0.2, -0.15) is 5.10 Å². The number of nitrogens with one attached hydrogen (secondary N) is 1. The van der Waals surface area contributed by atoms with Crippen LogP contribution in [0.25, 0.3) is 0 Å². The zero-order valence-corrected chi connectivity index (χ0v) is 12.1. The van der Waals surface area contributed by atoms with E-state index in [0.29, 0.717) is 12.5 Å². The van der Waals surface area contributed by atoms with Gasteiger partial charge in [0.15, 0.2) is 0 Å². The Morgan fingerprint density at radius 1 is 1.20 bits per heavy atom. The van der Waals surface area contributed by atoms with Crippen molar-refractivity contribution >= 4 is 11.9 Å². The molecule has 1 aromatic heterocycles. The third kappa shape index (κ3) is 3.65. The third-order valence-electron chi connectivity index (χ3n) is 4.15. The van der Waals surface area contributed by atoms with Crippen LogP contribution >= 0.6 is 0 Å². The molecule has 6 heteroatoms. The largest absolute Gasteiger partial charge is 0.481 e. The van der Waals surface area contributed by atoms with Crippen LogP contribution in [0.5, 0.6) is 0 Å². The second-order valence-corrected chi connectivity index (χ2v) is 5.79. The highest BCUT2D eigenvalue weighted by Gasteiger charge is 2.34. The summed E-state index contributed by atoms with van der Waals surface area (Å²) in [4.78, 5) is 15.4. The zero-order chi connectivity index (χ0) is 14.6. The van der Waals surface area contributed by atoms with Crippen LogP contribution in [0.4, 0.5) is 5.95 Å². The molecule has 0 radical (unpaired) electrons. The lowest BCUT2D eigenvalue weighted by Gasteiger charge is -2.36. The van der Waals surface area contributed by atoms with Gasteiger partial charge in [-0.1, -0.05) is 19.3 Å². The second kappa shape index (κ2) is 6.15. The van der Waals surface area contributed by atoms with Crippen LogP contribution in [0.1, 0.15) is 49.9 Å². The fourth-order valence-corrected chi connectivity index (χ4v) is 2.84. The van der Waals surface area contributed by atoms with E-state index in [4.69, 9.17) is 5.11 Å². The number of aryl methyl sites for hydroxylation is 2. The lowest BCUT2D eigenvalue weighted by atomic mass is 9.72. The molecule has 2 rings (SSSR count). The lowest BCUT2D eigenvalue weighted by Crippen LogP contribution is -2.35. The Labute approximate surface area is 119 Å². The Morgan fingerprint density at radius 2 is 1.90 bits per heavy atom. The number of rotatable bonds is 5. The van der Waals surface area contributed by atoms with Crippen LogP contribution in [0, 0.1) is 19.3 Å². The van der Waals surface area contributed by atoms with Gasteiger partial charge in [-0.3, -0.25) is 4.79 Å². The number of carbonyl (C=O) groups is 1. The minimum absolute atomic E-state index is 0.174. The Balaban J connectivity index is 2.04. The summed E-state index contributed by atoms with van der Waals surface area (Å²) in [5.41, 5.74) is 1.48. The fraction of sp³-hybridized carbons (Fsp3) is 0.714. The predicted molar refractivity (Wildman–Crippen MR) is 75.6 cm³/mol. The molecule has 6 nitrogen and oxygen atoms in total. The molecule has 20 heavy (non-hydrogen) atoms. The highest BCUT2D eigenvalue weighted by atomic mass is 16.4. The molecule has 1 aromatic rings. The minimum atomic E-state index is -0.729. The number of nitrogens with zero attached hydrogens (tertiary/aromatic N) is 3. The number of hydrogen-bond acceptors (Lipinski definition) is 5. The van der Waals surface area contributed by atoms with Gasteiger partial charge >= 0.3 is 5.97 Å². The molecule has 0 aliphatic heterocycles. The van der Waals surface area contributed by atoms with E-state index < -0.39 is 5.97 Å². The molecule has 0 amide bonds. The Hall–Kier alpha value is -1.72. The van der Waals surface area contributed by atoms with Crippen molar-refractivity contribution in [1.29, 1.82) is 0 Å². The average molecular weight is 278 g/mol. The van der Waals surface area contributed by atoms with Crippen LogP contribution in [-0.2, 0) is 4.79 Å². The molecule has 110 valence electrons. The Kier molecular flexibility index (Phi) is 4.52. The first kappa shape index (κ1) is 14.7. The van der Waals surface area contributed by atoms with E-state index in [-0.39, 0.29) is 11.8 Å². The van der Waals surface area contributed by atoms with Gasteiger partial charge in [0.1, 0.15) is 0 Å². The standard InChI is InChI=1S/C14H22N4O2/c1-10-11(2)17-18-13(16-10)15-9-14(8-12(19)20)6-4-3-5-7-14/h3-9H2,1-2H3,(H,19,20)(H,15,16,18). The second-order valence-electron chi connectivity index (χ2n) is 5.79. The first-order chi connectivity index (χ1) is 9.51. The van der Waals surface area contributed by atoms with Gasteiger partial charge in [-0.15, -0.1) is 5.10 Å². The van der Waals surface area contributed by atoms with Crippen molar-refractivity contribution in [2.45, 2.75) is 52.4 Å². The lowest BCUT2D eigenvalue weighted by molar-refractivity contribution is -0.140. The van der Waals surface area contributed by atoms with Crippen LogP contribution in [0.3, 0.4) is 0 Å². The molecule has 0 aromatic carbocycles. The molecule has 1 aliphatic rings. The van der Waals surface area contributed by atoms with Gasteiger partial charge in [0.25, 0.3) is 0 Å². The number of anilines is 1. The number of aliphatic carboxylic acids is 1. The maximum Gasteiger partial charge on any atom is 0.303 e. The van der Waals surface area contributed by atoms with Crippen LogP contribution < -0.4 is 5.32 Å². The van der Waals surface area contributed by atoms with Crippen molar-refractivity contribution in [2.24, 2.45) is 5.41 Å². The van der Waals surface area contributed by atoms with Crippen molar-refractivity contribution in [1.82, 2.24) is 15.2 Å². The molecule has 0 atom stereocenters. The number of carboxylic acid groups (broad SMARTS) is 1. The normalized spacial score (nSPS) is 17.7. The molecule has 0 bridgehead atoms. The zero-order valence-electron chi connectivity index (χ0n) is 12.1. The monoisotopic (exact) mass is 278 g/mol. The van der Waals surface area contributed by atoms with Crippen LogP contribution in [0.2, 0.25) is 0 Å². The van der Waals surface area contributed by atoms with Gasteiger partial charge in [-0.05, 0) is 32.1 Å². The molecule has 0 unspecified atom stereocenters. The summed E-state index contributed by atoms with van der Waals surface area (Å²) in [7, 11) is 0. The molecular formula is C14H22N4O2. The molecule has 0 saturated heterocycles. The topological polar surface area (TPSA) is 88.0 Å². The van der Waals surface area contributed by atoms with Crippen molar-refractivity contribution in [2.75, 3.05) is 11.9 Å². The van der Waals surface area contributed by atoms with E-state index >= 15 is 0 Å². The summed E-state index contributed by atoms with van der Waals surface area (Å²) in [5, 5.41) is 20.4. The highest BCUT2D eigenvalue weighted by molar-refractivity contribution is 5.67. The van der Waals surface area contributed by atoms with Crippen LogP contribution in [0.15, 0.2) is 0 Å². The van der Waals surface area contributed by atoms with Crippen molar-refractivity contribution in [3.05, 3.63) is 11.4 Å². The number of carboxylic acids is 1. The van der Waals surface area contributed by atoms with Gasteiger partial charge in [0, 0.05) is 6.54 Å². The first-order valence-corrected chi connectivity index (χ1v) is 7.14. The molecule has 2 N–H and O–H groups in total. The summed E-state index contributed by atoms with van der Waals surface area (Å²) < 4.78 is 0. The van der Waals surface area contributed by atoms with Crippen molar-refractivity contribution in [3.63, 3.8) is 0 Å². The molecule has 1 saturated carbocycles. The summed E-state index contributed by atoms with van der Waals surface area (Å²) in [6.45, 7) is 4.36. The van der Waals surface area contributed by atoms with Crippen molar-refractivity contribution < 1.29 is 9.90 Å². The van der Waals surface area contributed by atoms with Gasteiger partial charge < -0.3 is 10.4 Å². The smallest absolute Gasteiger partial charge is 0.303 e. The molecule has 0 spiro atoms. The highest BCUT2D eigenvalue weighted by Crippen LogP contribution is 2.39. The van der Waals surface area contributed by atoms with E-state index in [9.17, 15) is 4.79 Å². The summed E-state index contributed by atoms with van der Waals surface area (Å²) in [6, 6.07) is 0. The molecular weight excluding hydrogens is 256 g/mol. The minimum Gasteiger partial charge on any atom is -0.481 e. The number of aromatic nitrogens is 3. The van der Waals surface area contributed by atoms with Crippen LogP contribution in [-0.4, -0.2) is 32.8 Å². The SMILES string of the molecule is Cc1nnc(NCC2(CC(=O)O)CCCCC2)nc1C.